The van der Waals surface area contributed by atoms with E-state index in [2.05, 4.69) is 40.5 Å². The molecule has 1 aromatic carbocycles. The molecular weight excluding hydrogens is 328 g/mol. The van der Waals surface area contributed by atoms with Crippen molar-refractivity contribution in [1.82, 2.24) is 5.32 Å². The number of carbonyl (C=O) groups excluding carboxylic acids is 1. The number of benzene rings is 1. The lowest BCUT2D eigenvalue weighted by Gasteiger charge is -2.44. The molecule has 0 aromatic heterocycles. The van der Waals surface area contributed by atoms with Gasteiger partial charge in [-0.3, -0.25) is 4.79 Å². The molecule has 2 aliphatic heterocycles. The van der Waals surface area contributed by atoms with Gasteiger partial charge in [0.2, 0.25) is 5.91 Å². The van der Waals surface area contributed by atoms with Crippen molar-refractivity contribution >= 4 is 33.7 Å². The fourth-order valence-electron chi connectivity index (χ4n) is 3.04. The van der Waals surface area contributed by atoms with Crippen LogP contribution in [0.3, 0.4) is 0 Å². The summed E-state index contributed by atoms with van der Waals surface area (Å²) in [5.74, 6) is 0.0159. The summed E-state index contributed by atoms with van der Waals surface area (Å²) in [5.41, 5.74) is 0. The van der Waals surface area contributed by atoms with E-state index in [0.29, 0.717) is 11.7 Å². The van der Waals surface area contributed by atoms with E-state index in [0.717, 1.165) is 36.1 Å². The van der Waals surface area contributed by atoms with Crippen molar-refractivity contribution in [3.05, 3.63) is 35.9 Å². The van der Waals surface area contributed by atoms with Crippen molar-refractivity contribution in [2.24, 2.45) is 4.99 Å². The average molecular weight is 351 g/mol. The Bertz CT molecular complexity index is 636. The molecule has 0 radical (unpaired) electrons. The third-order valence-electron chi connectivity index (χ3n) is 4.28. The van der Waals surface area contributed by atoms with Crippen LogP contribution >= 0.6 is 22.7 Å². The van der Waals surface area contributed by atoms with Gasteiger partial charge < -0.3 is 10.1 Å². The lowest BCUT2D eigenvalue weighted by atomic mass is 10.2. The summed E-state index contributed by atoms with van der Waals surface area (Å²) in [4.78, 5) is 18.7. The molecule has 124 valence electrons. The Kier molecular flexibility index (Phi) is 5.14. The van der Waals surface area contributed by atoms with Gasteiger partial charge in [-0.1, -0.05) is 6.92 Å². The number of ether oxygens (including phenoxy) is 1. The topological polar surface area (TPSA) is 50.7 Å². The van der Waals surface area contributed by atoms with Crippen molar-refractivity contribution in [2.45, 2.75) is 41.2 Å². The number of hydrogen-bond acceptors (Lipinski definition) is 4. The van der Waals surface area contributed by atoms with Crippen molar-refractivity contribution in [1.29, 1.82) is 0 Å². The quantitative estimate of drug-likeness (QED) is 0.817. The minimum atomic E-state index is -1.48. The van der Waals surface area contributed by atoms with Crippen LogP contribution in [0.2, 0.25) is 0 Å². The van der Waals surface area contributed by atoms with Gasteiger partial charge in [0, 0.05) is 40.9 Å². The zero-order chi connectivity index (χ0) is 16.3. The van der Waals surface area contributed by atoms with E-state index in [1.54, 1.807) is 0 Å². The van der Waals surface area contributed by atoms with Crippen molar-refractivity contribution < 1.29 is 9.53 Å². The normalized spacial score (nSPS) is 27.3. The molecule has 1 N–H and O–H groups in total. The van der Waals surface area contributed by atoms with Crippen LogP contribution in [0.1, 0.15) is 26.2 Å². The molecule has 1 aromatic rings. The van der Waals surface area contributed by atoms with Gasteiger partial charge in [0.1, 0.15) is 0 Å². The van der Waals surface area contributed by atoms with E-state index in [9.17, 15) is 4.79 Å². The fourth-order valence-corrected chi connectivity index (χ4v) is 6.92. The molecular formula is C17H22N2O2S2. The van der Waals surface area contributed by atoms with Crippen LogP contribution in [-0.2, 0) is 9.53 Å². The Labute approximate surface area is 144 Å². The smallest absolute Gasteiger partial charge is 0.225 e. The number of aliphatic imine (C=N–C) groups is 1. The summed E-state index contributed by atoms with van der Waals surface area (Å²) >= 11 is 4.39. The third-order valence-corrected chi connectivity index (χ3v) is 8.55. The van der Waals surface area contributed by atoms with E-state index < -0.39 is 10.0 Å². The predicted octanol–water partition coefficient (Wildman–Crippen LogP) is 3.68. The highest BCUT2D eigenvalue weighted by Crippen LogP contribution is 2.65. The number of thiol groups is 1. The first-order valence-corrected chi connectivity index (χ1v) is 10.1. The van der Waals surface area contributed by atoms with Crippen molar-refractivity contribution in [3.63, 3.8) is 0 Å². The van der Waals surface area contributed by atoms with Crippen LogP contribution < -0.4 is 5.32 Å². The molecule has 1 fully saturated rings. The SMILES string of the molecule is CCC(=O)NC1=NC=CS1(c1ccc(S)cc1)C1CCOCC1. The number of hydrogen-bond donors (Lipinski definition) is 2. The first-order chi connectivity index (χ1) is 11.2. The predicted molar refractivity (Wildman–Crippen MR) is 98.4 cm³/mol. The maximum absolute atomic E-state index is 12.0. The Hall–Kier alpha value is -1.24. The number of amidine groups is 1. The van der Waals surface area contributed by atoms with E-state index in [4.69, 9.17) is 4.74 Å². The van der Waals surface area contributed by atoms with Gasteiger partial charge in [-0.2, -0.15) is 0 Å². The first-order valence-electron chi connectivity index (χ1n) is 7.90. The highest BCUT2D eigenvalue weighted by Gasteiger charge is 2.41. The highest BCUT2D eigenvalue weighted by atomic mass is 32.3. The number of nitrogens with zero attached hydrogens (tertiary/aromatic N) is 1. The molecule has 4 nitrogen and oxygen atoms in total. The molecule has 1 atom stereocenters. The first kappa shape index (κ1) is 16.6. The Morgan fingerprint density at radius 1 is 1.35 bits per heavy atom. The largest absolute Gasteiger partial charge is 0.381 e. The van der Waals surface area contributed by atoms with Gasteiger partial charge >= 0.3 is 0 Å². The van der Waals surface area contributed by atoms with E-state index >= 15 is 0 Å². The van der Waals surface area contributed by atoms with Crippen molar-refractivity contribution in [2.75, 3.05) is 13.2 Å². The standard InChI is InChI=1S/C17H22N2O2S2/c1-2-16(20)19-17-18-9-12-23(17,15-7-10-21-11-8-15)14-5-3-13(22)4-6-14/h3-6,9,12,15,22H,2,7-8,10-11H2,1H3,(H,18,19,20). The second-order valence-corrected chi connectivity index (χ2v) is 9.37. The molecule has 0 bridgehead atoms. The minimum Gasteiger partial charge on any atom is -0.381 e. The summed E-state index contributed by atoms with van der Waals surface area (Å²) < 4.78 is 5.55. The third kappa shape index (κ3) is 3.20. The number of carbonyl (C=O) groups is 1. The van der Waals surface area contributed by atoms with Crippen LogP contribution in [0, 0.1) is 0 Å². The van der Waals surface area contributed by atoms with Crippen LogP contribution in [0.25, 0.3) is 0 Å². The molecule has 2 aliphatic rings. The van der Waals surface area contributed by atoms with Gasteiger partial charge in [0.15, 0.2) is 5.17 Å². The van der Waals surface area contributed by atoms with Crippen LogP contribution in [0.4, 0.5) is 0 Å². The molecule has 0 saturated carbocycles. The molecule has 23 heavy (non-hydrogen) atoms. The number of nitrogens with one attached hydrogen (secondary N) is 1. The summed E-state index contributed by atoms with van der Waals surface area (Å²) in [6.07, 6.45) is 4.29. The maximum Gasteiger partial charge on any atom is 0.225 e. The van der Waals surface area contributed by atoms with Crippen LogP contribution in [-0.4, -0.2) is 29.5 Å². The van der Waals surface area contributed by atoms with Gasteiger partial charge in [0.25, 0.3) is 0 Å². The monoisotopic (exact) mass is 350 g/mol. The maximum atomic E-state index is 12.0. The zero-order valence-electron chi connectivity index (χ0n) is 13.2. The molecule has 1 saturated heterocycles. The second-order valence-electron chi connectivity index (χ2n) is 5.64. The van der Waals surface area contributed by atoms with E-state index in [1.165, 1.54) is 4.90 Å². The molecule has 0 aliphatic carbocycles. The van der Waals surface area contributed by atoms with Gasteiger partial charge in [0.05, 0.1) is 0 Å². The van der Waals surface area contributed by atoms with E-state index in [-0.39, 0.29) is 5.91 Å². The summed E-state index contributed by atoms with van der Waals surface area (Å²) in [7, 11) is -1.48. The molecule has 1 amide bonds. The van der Waals surface area contributed by atoms with Gasteiger partial charge in [-0.15, -0.1) is 22.7 Å². The number of amides is 1. The average Bonchev–Trinajstić information content (AvgIpc) is 3.00. The Morgan fingerprint density at radius 2 is 2.04 bits per heavy atom. The summed E-state index contributed by atoms with van der Waals surface area (Å²) in [6.45, 7) is 3.40. The minimum absolute atomic E-state index is 0.0159. The fraction of sp³-hybridized carbons (Fsp3) is 0.412. The number of rotatable bonds is 3. The lowest BCUT2D eigenvalue weighted by molar-refractivity contribution is -0.119. The second kappa shape index (κ2) is 7.11. The van der Waals surface area contributed by atoms with Crippen molar-refractivity contribution in [3.8, 4) is 0 Å². The summed E-state index contributed by atoms with van der Waals surface area (Å²) in [5, 5.41) is 6.53. The Morgan fingerprint density at radius 3 is 2.70 bits per heavy atom. The zero-order valence-corrected chi connectivity index (χ0v) is 14.9. The lowest BCUT2D eigenvalue weighted by Crippen LogP contribution is -2.38. The Balaban J connectivity index is 2.02. The molecule has 6 heteroatoms. The molecule has 3 rings (SSSR count). The van der Waals surface area contributed by atoms with Gasteiger partial charge in [-0.05, 0) is 42.5 Å². The highest BCUT2D eigenvalue weighted by molar-refractivity contribution is 8.48. The van der Waals surface area contributed by atoms with Gasteiger partial charge in [-0.25, -0.2) is 4.99 Å². The molecule has 0 spiro atoms. The molecule has 2 heterocycles. The summed E-state index contributed by atoms with van der Waals surface area (Å²) in [6, 6.07) is 8.27. The molecule has 1 unspecified atom stereocenters. The van der Waals surface area contributed by atoms with Crippen LogP contribution in [0.15, 0.2) is 50.7 Å². The van der Waals surface area contributed by atoms with Crippen LogP contribution in [0.5, 0.6) is 0 Å². The van der Waals surface area contributed by atoms with E-state index in [1.807, 2.05) is 25.3 Å².